The molecule has 2 unspecified atom stereocenters. The van der Waals surface area contributed by atoms with Crippen LogP contribution in [0.4, 0.5) is 0 Å². The first-order valence-corrected chi connectivity index (χ1v) is 10.5. The summed E-state index contributed by atoms with van der Waals surface area (Å²) < 4.78 is 0. The lowest BCUT2D eigenvalue weighted by atomic mass is 9.50. The van der Waals surface area contributed by atoms with E-state index in [2.05, 4.69) is 84.9 Å². The highest BCUT2D eigenvalue weighted by Gasteiger charge is 2.56. The van der Waals surface area contributed by atoms with Crippen molar-refractivity contribution in [2.75, 3.05) is 0 Å². The molecule has 2 aromatic rings. The van der Waals surface area contributed by atoms with Crippen LogP contribution in [-0.2, 0) is 17.3 Å². The Balaban J connectivity index is 2.33. The van der Waals surface area contributed by atoms with Gasteiger partial charge in [-0.25, -0.2) is 0 Å². The molecule has 0 spiro atoms. The molecule has 0 saturated heterocycles. The molecule has 3 rings (SSSR count). The molecule has 0 amide bonds. The van der Waals surface area contributed by atoms with Crippen molar-refractivity contribution in [3.05, 3.63) is 69.8 Å². The van der Waals surface area contributed by atoms with Gasteiger partial charge in [0, 0.05) is 10.8 Å². The highest BCUT2D eigenvalue weighted by molar-refractivity contribution is 5.51. The fourth-order valence-corrected chi connectivity index (χ4v) is 6.56. The quantitative estimate of drug-likeness (QED) is 0.535. The van der Waals surface area contributed by atoms with Crippen LogP contribution in [0.1, 0.15) is 80.3 Å². The summed E-state index contributed by atoms with van der Waals surface area (Å²) in [6, 6.07) is 14.4. The Morgan fingerprint density at radius 1 is 0.923 bits per heavy atom. The zero-order valence-corrected chi connectivity index (χ0v) is 17.9. The van der Waals surface area contributed by atoms with Crippen LogP contribution in [0.5, 0.6) is 0 Å². The van der Waals surface area contributed by atoms with Crippen molar-refractivity contribution in [1.29, 1.82) is 0 Å². The normalized spacial score (nSPS) is 22.5. The molecular formula is C26H36. The van der Waals surface area contributed by atoms with E-state index in [1.165, 1.54) is 42.4 Å². The maximum atomic E-state index is 2.50. The molecule has 2 aromatic carbocycles. The van der Waals surface area contributed by atoms with E-state index in [9.17, 15) is 0 Å². The van der Waals surface area contributed by atoms with Crippen LogP contribution in [-0.4, -0.2) is 0 Å². The summed E-state index contributed by atoms with van der Waals surface area (Å²) in [4.78, 5) is 0. The summed E-state index contributed by atoms with van der Waals surface area (Å²) in [7, 11) is 0. The van der Waals surface area contributed by atoms with E-state index in [-0.39, 0.29) is 10.8 Å². The molecule has 0 fully saturated rings. The lowest BCUT2D eigenvalue weighted by molar-refractivity contribution is 0.132. The molecule has 2 atom stereocenters. The predicted molar refractivity (Wildman–Crippen MR) is 114 cm³/mol. The van der Waals surface area contributed by atoms with Gasteiger partial charge >= 0.3 is 0 Å². The maximum absolute atomic E-state index is 2.50. The number of fused-ring (bicyclic) bond motifs is 1. The van der Waals surface area contributed by atoms with Crippen LogP contribution in [0.2, 0.25) is 0 Å². The van der Waals surface area contributed by atoms with E-state index in [0.29, 0.717) is 5.92 Å². The third-order valence-electron chi connectivity index (χ3n) is 7.62. The van der Waals surface area contributed by atoms with E-state index in [4.69, 9.17) is 0 Å². The van der Waals surface area contributed by atoms with E-state index >= 15 is 0 Å². The first-order chi connectivity index (χ1) is 12.4. The van der Waals surface area contributed by atoms with Crippen molar-refractivity contribution >= 4 is 0 Å². The van der Waals surface area contributed by atoms with E-state index < -0.39 is 0 Å². The third kappa shape index (κ3) is 2.48. The molecule has 140 valence electrons. The van der Waals surface area contributed by atoms with Crippen LogP contribution >= 0.6 is 0 Å². The second-order valence-corrected chi connectivity index (χ2v) is 8.70. The molecule has 0 aromatic heterocycles. The van der Waals surface area contributed by atoms with Crippen molar-refractivity contribution in [2.45, 2.75) is 85.0 Å². The second-order valence-electron chi connectivity index (χ2n) is 8.70. The van der Waals surface area contributed by atoms with Crippen molar-refractivity contribution < 1.29 is 0 Å². The summed E-state index contributed by atoms with van der Waals surface area (Å²) in [5.41, 5.74) is 9.45. The van der Waals surface area contributed by atoms with Gasteiger partial charge in [-0.2, -0.15) is 0 Å². The zero-order valence-electron chi connectivity index (χ0n) is 17.9. The zero-order chi connectivity index (χ0) is 19.1. The van der Waals surface area contributed by atoms with Crippen molar-refractivity contribution in [3.63, 3.8) is 0 Å². The number of rotatable bonds is 5. The summed E-state index contributed by atoms with van der Waals surface area (Å²) >= 11 is 0. The van der Waals surface area contributed by atoms with Gasteiger partial charge in [0.05, 0.1) is 0 Å². The minimum absolute atomic E-state index is 0.194. The van der Waals surface area contributed by atoms with Crippen molar-refractivity contribution in [2.24, 2.45) is 5.92 Å². The minimum atomic E-state index is 0.194. The van der Waals surface area contributed by atoms with E-state index in [1.807, 2.05) is 0 Å². The van der Waals surface area contributed by atoms with E-state index in [0.717, 1.165) is 0 Å². The molecular weight excluding hydrogens is 312 g/mol. The Kier molecular flexibility index (Phi) is 5.08. The van der Waals surface area contributed by atoms with Crippen LogP contribution in [0.15, 0.2) is 36.4 Å². The van der Waals surface area contributed by atoms with Gasteiger partial charge in [-0.3, -0.25) is 0 Å². The molecule has 0 radical (unpaired) electrons. The lowest BCUT2D eigenvalue weighted by Crippen LogP contribution is -2.51. The van der Waals surface area contributed by atoms with Crippen LogP contribution in [0, 0.1) is 26.7 Å². The van der Waals surface area contributed by atoms with Gasteiger partial charge in [-0.05, 0) is 74.6 Å². The largest absolute Gasteiger partial charge is 0.0645 e. The number of aryl methyl sites for hydroxylation is 3. The lowest BCUT2D eigenvalue weighted by Gasteiger charge is -2.53. The van der Waals surface area contributed by atoms with Gasteiger partial charge in [0.15, 0.2) is 0 Å². The first-order valence-electron chi connectivity index (χ1n) is 10.5. The van der Waals surface area contributed by atoms with Gasteiger partial charge in [0.25, 0.3) is 0 Å². The Hall–Kier alpha value is -1.56. The Morgan fingerprint density at radius 3 is 2.12 bits per heavy atom. The molecule has 1 aliphatic carbocycles. The number of hydrogen-bond acceptors (Lipinski definition) is 0. The highest BCUT2D eigenvalue weighted by Crippen LogP contribution is 2.60. The fraction of sp³-hybridized carbons (Fsp3) is 0.538. The SMILES string of the molecule is CCC(CC)(c1ccc(C)cc1C)C1(CC)c2ccc(C)cc2CC1C. The standard InChI is InChI=1S/C26H36/c1-8-25(9-2,23-13-11-18(4)15-20(23)6)26(10-3)21(7)17-22-16-19(5)12-14-24(22)26/h11-16,21H,8-10,17H2,1-7H3. The van der Waals surface area contributed by atoms with Gasteiger partial charge in [-0.1, -0.05) is 75.2 Å². The maximum Gasteiger partial charge on any atom is 0.00785 e. The molecule has 0 heteroatoms. The van der Waals surface area contributed by atoms with Crippen molar-refractivity contribution in [1.82, 2.24) is 0 Å². The van der Waals surface area contributed by atoms with Gasteiger partial charge in [-0.15, -0.1) is 0 Å². The highest BCUT2D eigenvalue weighted by atomic mass is 14.6. The summed E-state index contributed by atoms with van der Waals surface area (Å²) in [5, 5.41) is 0. The Labute approximate surface area is 161 Å². The summed E-state index contributed by atoms with van der Waals surface area (Å²) in [6.07, 6.45) is 4.81. The number of hydrogen-bond donors (Lipinski definition) is 0. The summed E-state index contributed by atoms with van der Waals surface area (Å²) in [5.74, 6) is 0.671. The monoisotopic (exact) mass is 348 g/mol. The third-order valence-corrected chi connectivity index (χ3v) is 7.62. The fourth-order valence-electron chi connectivity index (χ4n) is 6.56. The van der Waals surface area contributed by atoms with Crippen LogP contribution in [0.3, 0.4) is 0 Å². The topological polar surface area (TPSA) is 0 Å². The molecule has 0 aliphatic heterocycles. The molecule has 0 nitrogen and oxygen atoms in total. The minimum Gasteiger partial charge on any atom is -0.0645 e. The average molecular weight is 349 g/mol. The molecule has 0 bridgehead atoms. The van der Waals surface area contributed by atoms with Gasteiger partial charge in [0.1, 0.15) is 0 Å². The molecule has 0 N–H and O–H groups in total. The number of benzene rings is 2. The predicted octanol–water partition coefficient (Wildman–Crippen LogP) is 7.21. The van der Waals surface area contributed by atoms with E-state index in [1.54, 1.807) is 16.7 Å². The first kappa shape index (κ1) is 19.2. The van der Waals surface area contributed by atoms with Crippen LogP contribution < -0.4 is 0 Å². The average Bonchev–Trinajstić information content (AvgIpc) is 2.89. The molecule has 0 heterocycles. The van der Waals surface area contributed by atoms with Gasteiger partial charge < -0.3 is 0 Å². The van der Waals surface area contributed by atoms with Gasteiger partial charge in [0.2, 0.25) is 0 Å². The Bertz CT molecular complexity index is 794. The molecule has 1 aliphatic rings. The molecule has 26 heavy (non-hydrogen) atoms. The van der Waals surface area contributed by atoms with Crippen molar-refractivity contribution in [3.8, 4) is 0 Å². The molecule has 0 saturated carbocycles. The second kappa shape index (κ2) is 6.87. The van der Waals surface area contributed by atoms with Crippen LogP contribution in [0.25, 0.3) is 0 Å². The smallest absolute Gasteiger partial charge is 0.00785 e. The Morgan fingerprint density at radius 2 is 1.54 bits per heavy atom. The summed E-state index contributed by atoms with van der Waals surface area (Å²) in [6.45, 7) is 16.5.